The van der Waals surface area contributed by atoms with Crippen molar-refractivity contribution in [2.75, 3.05) is 10.3 Å². The van der Waals surface area contributed by atoms with Crippen LogP contribution in [0, 0.1) is 11.6 Å². The molecule has 3 rings (SSSR count). The largest absolute Gasteiger partial charge is 0.321 e. The van der Waals surface area contributed by atoms with E-state index in [2.05, 4.69) is 10.9 Å². The number of nitrogens with one attached hydrogen (secondary N) is 2. The van der Waals surface area contributed by atoms with Crippen LogP contribution in [0.5, 0.6) is 0 Å². The predicted molar refractivity (Wildman–Crippen MR) is 80.5 cm³/mol. The minimum atomic E-state index is -1.11. The number of rotatable bonds is 4. The Kier molecular flexibility index (Phi) is 4.03. The second-order valence-corrected chi connectivity index (χ2v) is 5.06. The van der Waals surface area contributed by atoms with Crippen LogP contribution in [0.25, 0.3) is 0 Å². The van der Waals surface area contributed by atoms with Gasteiger partial charge in [-0.15, -0.1) is 0 Å². The Balaban J connectivity index is 1.73. The van der Waals surface area contributed by atoms with Gasteiger partial charge < -0.3 is 5.43 Å². The smallest absolute Gasteiger partial charge is 0.253 e. The van der Waals surface area contributed by atoms with E-state index in [4.69, 9.17) is 0 Å². The van der Waals surface area contributed by atoms with Crippen LogP contribution in [0.2, 0.25) is 0 Å². The Morgan fingerprint density at radius 3 is 2.43 bits per heavy atom. The first kappa shape index (κ1) is 15.1. The highest BCUT2D eigenvalue weighted by atomic mass is 19.2. The third-order valence-electron chi connectivity index (χ3n) is 3.47. The Hall–Kier alpha value is -2.80. The molecule has 2 N–H and O–H groups in total. The minimum Gasteiger partial charge on any atom is -0.321 e. The van der Waals surface area contributed by atoms with E-state index in [1.807, 2.05) is 18.2 Å². The molecular formula is C16H13F2N3O2. The molecular weight excluding hydrogens is 304 g/mol. The fraction of sp³-hybridized carbons (Fsp3) is 0.125. The third-order valence-corrected chi connectivity index (χ3v) is 3.47. The maximum absolute atomic E-state index is 13.3. The van der Waals surface area contributed by atoms with Gasteiger partial charge in [0.15, 0.2) is 11.6 Å². The average molecular weight is 317 g/mol. The van der Waals surface area contributed by atoms with E-state index in [1.165, 1.54) is 6.07 Å². The molecule has 1 heterocycles. The number of carbonyl (C=O) groups excluding carboxylic acids is 2. The zero-order valence-corrected chi connectivity index (χ0v) is 11.9. The number of hydrogen-bond donors (Lipinski definition) is 2. The van der Waals surface area contributed by atoms with Crippen molar-refractivity contribution in [2.24, 2.45) is 0 Å². The van der Waals surface area contributed by atoms with Crippen LogP contribution < -0.4 is 15.8 Å². The number of hydrazine groups is 1. The Bertz CT molecular complexity index is 752. The van der Waals surface area contributed by atoms with E-state index in [0.29, 0.717) is 0 Å². The molecule has 2 aromatic carbocycles. The normalized spacial score (nSPS) is 17.7. The lowest BCUT2D eigenvalue weighted by molar-refractivity contribution is -0.121. The summed E-state index contributed by atoms with van der Waals surface area (Å²) in [5.41, 5.74) is 6.37. The van der Waals surface area contributed by atoms with Gasteiger partial charge in [0.2, 0.25) is 5.91 Å². The summed E-state index contributed by atoms with van der Waals surface area (Å²) in [6.07, 6.45) is -0.0718. The number of anilines is 2. The quantitative estimate of drug-likeness (QED) is 0.670. The van der Waals surface area contributed by atoms with Crippen molar-refractivity contribution in [2.45, 2.75) is 12.5 Å². The second kappa shape index (κ2) is 6.13. The predicted octanol–water partition coefficient (Wildman–Crippen LogP) is 2.21. The molecule has 1 aliphatic rings. The van der Waals surface area contributed by atoms with Crippen molar-refractivity contribution in [3.05, 3.63) is 60.2 Å². The summed E-state index contributed by atoms with van der Waals surface area (Å²) in [4.78, 5) is 25.2. The lowest BCUT2D eigenvalue weighted by atomic mass is 10.2. The van der Waals surface area contributed by atoms with Gasteiger partial charge in [0.05, 0.1) is 12.1 Å². The zero-order valence-electron chi connectivity index (χ0n) is 11.9. The van der Waals surface area contributed by atoms with Gasteiger partial charge in [0.25, 0.3) is 5.91 Å². The van der Waals surface area contributed by atoms with E-state index in [-0.39, 0.29) is 12.1 Å². The molecule has 118 valence electrons. The summed E-state index contributed by atoms with van der Waals surface area (Å²) in [7, 11) is 0. The number of para-hydroxylation sites is 1. The summed E-state index contributed by atoms with van der Waals surface area (Å²) in [5, 5.41) is 0. The SMILES string of the molecule is O=C1CC(NNc2ccccc2)C(=O)N1c1ccc(F)c(F)c1. The molecule has 2 amide bonds. The van der Waals surface area contributed by atoms with Gasteiger partial charge in [-0.05, 0) is 24.3 Å². The van der Waals surface area contributed by atoms with Gasteiger partial charge >= 0.3 is 0 Å². The molecule has 1 atom stereocenters. The zero-order chi connectivity index (χ0) is 16.4. The van der Waals surface area contributed by atoms with Gasteiger partial charge in [0.1, 0.15) is 6.04 Å². The highest BCUT2D eigenvalue weighted by Crippen LogP contribution is 2.24. The molecule has 0 aliphatic carbocycles. The first-order chi connectivity index (χ1) is 11.1. The molecule has 0 bridgehead atoms. The van der Waals surface area contributed by atoms with Gasteiger partial charge in [-0.2, -0.15) is 0 Å². The van der Waals surface area contributed by atoms with Crippen LogP contribution in [-0.4, -0.2) is 17.9 Å². The number of imide groups is 1. The van der Waals surface area contributed by atoms with Crippen LogP contribution in [0.4, 0.5) is 20.2 Å². The standard InChI is InChI=1S/C16H13F2N3O2/c17-12-7-6-11(8-13(12)18)21-15(22)9-14(16(21)23)20-19-10-4-2-1-3-5-10/h1-8,14,19-20H,9H2. The molecule has 5 nitrogen and oxygen atoms in total. The highest BCUT2D eigenvalue weighted by Gasteiger charge is 2.39. The van der Waals surface area contributed by atoms with Crippen molar-refractivity contribution in [3.63, 3.8) is 0 Å². The number of halogens is 2. The molecule has 1 fully saturated rings. The molecule has 0 saturated carbocycles. The van der Waals surface area contributed by atoms with Crippen molar-refractivity contribution in [1.82, 2.24) is 5.43 Å². The summed E-state index contributed by atoms with van der Waals surface area (Å²) in [6.45, 7) is 0. The van der Waals surface area contributed by atoms with E-state index in [9.17, 15) is 18.4 Å². The van der Waals surface area contributed by atoms with E-state index >= 15 is 0 Å². The number of hydrogen-bond acceptors (Lipinski definition) is 4. The average Bonchev–Trinajstić information content (AvgIpc) is 2.83. The molecule has 7 heteroatoms. The van der Waals surface area contributed by atoms with Gasteiger partial charge in [0, 0.05) is 11.8 Å². The maximum atomic E-state index is 13.3. The van der Waals surface area contributed by atoms with Crippen LogP contribution in [0.3, 0.4) is 0 Å². The van der Waals surface area contributed by atoms with Crippen LogP contribution >= 0.6 is 0 Å². The molecule has 0 spiro atoms. The van der Waals surface area contributed by atoms with Gasteiger partial charge in [-0.1, -0.05) is 18.2 Å². The monoisotopic (exact) mass is 317 g/mol. The fourth-order valence-electron chi connectivity index (χ4n) is 2.33. The Morgan fingerprint density at radius 2 is 1.74 bits per heavy atom. The van der Waals surface area contributed by atoms with Crippen molar-refractivity contribution in [3.8, 4) is 0 Å². The topological polar surface area (TPSA) is 61.4 Å². The molecule has 1 aliphatic heterocycles. The summed E-state index contributed by atoms with van der Waals surface area (Å²) in [6, 6.07) is 11.2. The lowest BCUT2D eigenvalue weighted by Gasteiger charge is -2.16. The van der Waals surface area contributed by atoms with Gasteiger partial charge in [-0.3, -0.25) is 9.59 Å². The minimum absolute atomic E-state index is 0.0166. The van der Waals surface area contributed by atoms with Crippen molar-refractivity contribution in [1.29, 1.82) is 0 Å². The molecule has 0 radical (unpaired) electrons. The number of benzene rings is 2. The fourth-order valence-corrected chi connectivity index (χ4v) is 2.33. The second-order valence-electron chi connectivity index (χ2n) is 5.06. The number of nitrogens with zero attached hydrogens (tertiary/aromatic N) is 1. The summed E-state index contributed by atoms with van der Waals surface area (Å²) < 4.78 is 26.3. The molecule has 0 aromatic heterocycles. The summed E-state index contributed by atoms with van der Waals surface area (Å²) >= 11 is 0. The Morgan fingerprint density at radius 1 is 1.00 bits per heavy atom. The lowest BCUT2D eigenvalue weighted by Crippen LogP contribution is -2.41. The van der Waals surface area contributed by atoms with E-state index < -0.39 is 29.5 Å². The van der Waals surface area contributed by atoms with Crippen LogP contribution in [-0.2, 0) is 9.59 Å². The van der Waals surface area contributed by atoms with Gasteiger partial charge in [-0.25, -0.2) is 19.1 Å². The Labute approximate surface area is 130 Å². The third kappa shape index (κ3) is 3.04. The van der Waals surface area contributed by atoms with Crippen molar-refractivity contribution < 1.29 is 18.4 Å². The maximum Gasteiger partial charge on any atom is 0.253 e. The molecule has 1 saturated heterocycles. The van der Waals surface area contributed by atoms with E-state index in [0.717, 1.165) is 22.7 Å². The highest BCUT2D eigenvalue weighted by molar-refractivity contribution is 6.22. The first-order valence-corrected chi connectivity index (χ1v) is 6.94. The van der Waals surface area contributed by atoms with Crippen molar-refractivity contribution >= 4 is 23.2 Å². The molecule has 1 unspecified atom stereocenters. The van der Waals surface area contributed by atoms with Crippen LogP contribution in [0.15, 0.2) is 48.5 Å². The van der Waals surface area contributed by atoms with Crippen LogP contribution in [0.1, 0.15) is 6.42 Å². The van der Waals surface area contributed by atoms with E-state index in [1.54, 1.807) is 12.1 Å². The summed E-state index contributed by atoms with van der Waals surface area (Å²) in [5.74, 6) is -3.15. The molecule has 23 heavy (non-hydrogen) atoms. The first-order valence-electron chi connectivity index (χ1n) is 6.94. The number of carbonyl (C=O) groups is 2. The molecule has 2 aromatic rings. The number of amides is 2.